The van der Waals surface area contributed by atoms with E-state index < -0.39 is 0 Å². The first-order valence-corrected chi connectivity index (χ1v) is 7.66. The number of carbonyl (C=O) groups is 1. The Morgan fingerprint density at radius 2 is 2.36 bits per heavy atom. The van der Waals surface area contributed by atoms with Crippen LogP contribution in [0.25, 0.3) is 0 Å². The third-order valence-corrected chi connectivity index (χ3v) is 3.81. The van der Waals surface area contributed by atoms with Crippen LogP contribution in [0.5, 0.6) is 0 Å². The van der Waals surface area contributed by atoms with Gasteiger partial charge in [0.15, 0.2) is 5.69 Å². The molecule has 0 aliphatic rings. The van der Waals surface area contributed by atoms with Crippen molar-refractivity contribution >= 4 is 23.2 Å². The highest BCUT2D eigenvalue weighted by atomic mass is 32.1. The number of amides is 1. The number of nitrogens with one attached hydrogen (secondary N) is 2. The minimum Gasteiger partial charge on any atom is -0.288 e. The van der Waals surface area contributed by atoms with Gasteiger partial charge in [0.2, 0.25) is 5.95 Å². The third kappa shape index (κ3) is 3.19. The molecule has 0 aliphatic heterocycles. The Morgan fingerprint density at radius 3 is 3.05 bits per heavy atom. The number of aromatic amines is 1. The van der Waals surface area contributed by atoms with Gasteiger partial charge in [0, 0.05) is 10.8 Å². The van der Waals surface area contributed by atoms with Crippen LogP contribution >= 0.6 is 11.3 Å². The summed E-state index contributed by atoms with van der Waals surface area (Å²) in [6, 6.07) is 3.98. The number of aromatic nitrogens is 6. The van der Waals surface area contributed by atoms with E-state index in [1.54, 1.807) is 22.2 Å². The normalized spacial score (nSPS) is 11.0. The molecule has 8 nitrogen and oxygen atoms in total. The lowest BCUT2D eigenvalue weighted by Gasteiger charge is -1.97. The Morgan fingerprint density at radius 1 is 1.50 bits per heavy atom. The zero-order chi connectivity index (χ0) is 15.5. The highest BCUT2D eigenvalue weighted by molar-refractivity contribution is 7.09. The van der Waals surface area contributed by atoms with Crippen LogP contribution in [0.1, 0.15) is 41.0 Å². The molecular weight excluding hydrogens is 302 g/mol. The zero-order valence-electron chi connectivity index (χ0n) is 12.1. The molecule has 0 radical (unpaired) electrons. The zero-order valence-corrected chi connectivity index (χ0v) is 13.0. The summed E-state index contributed by atoms with van der Waals surface area (Å²) in [5.41, 5.74) is 0.229. The summed E-state index contributed by atoms with van der Waals surface area (Å²) in [5.74, 6) is 0.787. The Balaban J connectivity index is 1.66. The van der Waals surface area contributed by atoms with Crippen molar-refractivity contribution in [3.05, 3.63) is 40.1 Å². The van der Waals surface area contributed by atoms with Gasteiger partial charge in [0.05, 0.1) is 12.7 Å². The Hall–Kier alpha value is -2.55. The molecule has 3 rings (SSSR count). The van der Waals surface area contributed by atoms with Crippen LogP contribution in [-0.2, 0) is 6.54 Å². The van der Waals surface area contributed by atoms with Gasteiger partial charge >= 0.3 is 0 Å². The van der Waals surface area contributed by atoms with E-state index in [1.165, 1.54) is 0 Å². The minimum absolute atomic E-state index is 0.213. The first kappa shape index (κ1) is 14.4. The van der Waals surface area contributed by atoms with Crippen LogP contribution in [0.2, 0.25) is 0 Å². The molecule has 22 heavy (non-hydrogen) atoms. The molecule has 3 aromatic rings. The van der Waals surface area contributed by atoms with E-state index >= 15 is 0 Å². The maximum atomic E-state index is 12.1. The fraction of sp³-hybridized carbons (Fsp3) is 0.308. The van der Waals surface area contributed by atoms with Gasteiger partial charge < -0.3 is 0 Å². The van der Waals surface area contributed by atoms with Crippen LogP contribution in [-0.4, -0.2) is 36.1 Å². The van der Waals surface area contributed by atoms with Gasteiger partial charge in [-0.1, -0.05) is 25.1 Å². The van der Waals surface area contributed by atoms with Crippen molar-refractivity contribution < 1.29 is 4.79 Å². The van der Waals surface area contributed by atoms with Gasteiger partial charge in [0.1, 0.15) is 5.82 Å². The molecule has 9 heteroatoms. The molecule has 0 aromatic carbocycles. The molecule has 3 heterocycles. The number of carbonyl (C=O) groups excluding carboxylic acids is 1. The molecule has 0 bridgehead atoms. The molecule has 0 saturated carbocycles. The number of thiophene rings is 1. The van der Waals surface area contributed by atoms with Gasteiger partial charge in [-0.25, -0.2) is 4.68 Å². The number of anilines is 1. The molecule has 2 N–H and O–H groups in total. The van der Waals surface area contributed by atoms with E-state index in [2.05, 4.69) is 30.8 Å². The smallest absolute Gasteiger partial charge is 0.280 e. The van der Waals surface area contributed by atoms with Crippen LogP contribution in [0.15, 0.2) is 23.7 Å². The molecule has 0 atom stereocenters. The summed E-state index contributed by atoms with van der Waals surface area (Å²) in [6.07, 6.45) is 1.60. The largest absolute Gasteiger partial charge is 0.288 e. The van der Waals surface area contributed by atoms with Crippen LogP contribution in [0.4, 0.5) is 5.95 Å². The number of hydrogen-bond acceptors (Lipinski definition) is 6. The lowest BCUT2D eigenvalue weighted by Crippen LogP contribution is -2.13. The summed E-state index contributed by atoms with van der Waals surface area (Å²) < 4.78 is 1.62. The number of hydrogen-bond donors (Lipinski definition) is 2. The highest BCUT2D eigenvalue weighted by Crippen LogP contribution is 2.12. The van der Waals surface area contributed by atoms with Crippen molar-refractivity contribution in [2.45, 2.75) is 26.3 Å². The summed E-state index contributed by atoms with van der Waals surface area (Å²) in [6.45, 7) is 4.57. The SMILES string of the molecule is CC(C)c1nc(NC(=O)c2cn(Cc3cccs3)nn2)n[nH]1. The number of H-pyrrole nitrogens is 1. The quantitative estimate of drug-likeness (QED) is 0.748. The Labute approximate surface area is 130 Å². The highest BCUT2D eigenvalue weighted by Gasteiger charge is 2.14. The van der Waals surface area contributed by atoms with Crippen molar-refractivity contribution in [1.82, 2.24) is 30.2 Å². The lowest BCUT2D eigenvalue weighted by atomic mass is 10.2. The fourth-order valence-electron chi connectivity index (χ4n) is 1.80. The Kier molecular flexibility index (Phi) is 3.96. The average Bonchev–Trinajstić information content (AvgIpc) is 3.19. The Bertz CT molecular complexity index is 759. The molecular formula is C13H15N7OS. The maximum absolute atomic E-state index is 12.1. The summed E-state index contributed by atoms with van der Waals surface area (Å²) in [5, 5.41) is 19.2. The maximum Gasteiger partial charge on any atom is 0.280 e. The number of nitrogens with zero attached hydrogens (tertiary/aromatic N) is 5. The van der Waals surface area contributed by atoms with Crippen molar-refractivity contribution in [3.8, 4) is 0 Å². The molecule has 0 spiro atoms. The molecule has 0 fully saturated rings. The summed E-state index contributed by atoms with van der Waals surface area (Å²) in [7, 11) is 0. The number of rotatable bonds is 5. The molecule has 3 aromatic heterocycles. The second-order valence-electron chi connectivity index (χ2n) is 5.03. The monoisotopic (exact) mass is 317 g/mol. The minimum atomic E-state index is -0.383. The lowest BCUT2D eigenvalue weighted by molar-refractivity contribution is 0.102. The summed E-state index contributed by atoms with van der Waals surface area (Å²) >= 11 is 1.63. The van der Waals surface area contributed by atoms with E-state index in [0.717, 1.165) is 10.7 Å². The molecule has 0 unspecified atom stereocenters. The van der Waals surface area contributed by atoms with E-state index in [9.17, 15) is 4.79 Å². The molecule has 0 aliphatic carbocycles. The van der Waals surface area contributed by atoms with E-state index in [4.69, 9.17) is 0 Å². The standard InChI is InChI=1S/C13H15N7OS/c1-8(2)11-14-13(18-17-11)15-12(21)10-7-20(19-16-10)6-9-4-3-5-22-9/h3-5,7-8H,6H2,1-2H3,(H2,14,15,17,18,21). The second-order valence-corrected chi connectivity index (χ2v) is 6.07. The van der Waals surface area contributed by atoms with Gasteiger partial charge in [-0.15, -0.1) is 21.5 Å². The third-order valence-electron chi connectivity index (χ3n) is 2.94. The van der Waals surface area contributed by atoms with Crippen LogP contribution in [0.3, 0.4) is 0 Å². The van der Waals surface area contributed by atoms with E-state index in [0.29, 0.717) is 6.54 Å². The second kappa shape index (κ2) is 6.06. The molecule has 0 saturated heterocycles. The molecule has 114 valence electrons. The predicted octanol–water partition coefficient (Wildman–Crippen LogP) is 1.88. The van der Waals surface area contributed by atoms with Crippen molar-refractivity contribution in [2.24, 2.45) is 0 Å². The van der Waals surface area contributed by atoms with Crippen LogP contribution in [0, 0.1) is 0 Å². The average molecular weight is 317 g/mol. The van der Waals surface area contributed by atoms with Crippen molar-refractivity contribution in [1.29, 1.82) is 0 Å². The van der Waals surface area contributed by atoms with Gasteiger partial charge in [-0.3, -0.25) is 15.2 Å². The topological polar surface area (TPSA) is 101 Å². The van der Waals surface area contributed by atoms with Gasteiger partial charge in [-0.05, 0) is 11.4 Å². The van der Waals surface area contributed by atoms with E-state index in [1.807, 2.05) is 31.4 Å². The van der Waals surface area contributed by atoms with Crippen LogP contribution < -0.4 is 5.32 Å². The summed E-state index contributed by atoms with van der Waals surface area (Å²) in [4.78, 5) is 17.4. The first-order chi connectivity index (χ1) is 10.6. The van der Waals surface area contributed by atoms with E-state index in [-0.39, 0.29) is 23.5 Å². The van der Waals surface area contributed by atoms with Crippen molar-refractivity contribution in [3.63, 3.8) is 0 Å². The van der Waals surface area contributed by atoms with Gasteiger partial charge in [0.25, 0.3) is 5.91 Å². The van der Waals surface area contributed by atoms with Crippen molar-refractivity contribution in [2.75, 3.05) is 5.32 Å². The first-order valence-electron chi connectivity index (χ1n) is 6.78. The predicted molar refractivity (Wildman–Crippen MR) is 81.9 cm³/mol. The van der Waals surface area contributed by atoms with Gasteiger partial charge in [-0.2, -0.15) is 4.98 Å². The fourth-order valence-corrected chi connectivity index (χ4v) is 2.49. The molecule has 1 amide bonds.